The fourth-order valence-corrected chi connectivity index (χ4v) is 2.84. The van der Waals surface area contributed by atoms with Crippen LogP contribution < -0.4 is 11.1 Å². The number of carbonyl (C=O) groups excluding carboxylic acids is 1. The third kappa shape index (κ3) is 2.55. The van der Waals surface area contributed by atoms with E-state index in [-0.39, 0.29) is 23.0 Å². The van der Waals surface area contributed by atoms with E-state index in [1.54, 1.807) is 0 Å². The summed E-state index contributed by atoms with van der Waals surface area (Å²) in [6.07, 6.45) is 0.715. The van der Waals surface area contributed by atoms with Gasteiger partial charge < -0.3 is 11.1 Å². The highest BCUT2D eigenvalue weighted by Crippen LogP contribution is 2.31. The van der Waals surface area contributed by atoms with E-state index in [2.05, 4.69) is 44.8 Å². The highest BCUT2D eigenvalue weighted by atomic mass is 16.2. The molecule has 0 aliphatic carbocycles. The largest absolute Gasteiger partial charge is 0.353 e. The van der Waals surface area contributed by atoms with E-state index in [9.17, 15) is 4.79 Å². The van der Waals surface area contributed by atoms with Crippen LogP contribution >= 0.6 is 0 Å². The second-order valence-electron chi connectivity index (χ2n) is 6.16. The Morgan fingerprint density at radius 1 is 1.50 bits per heavy atom. The molecule has 16 heavy (non-hydrogen) atoms. The first-order valence-electron chi connectivity index (χ1n) is 5.97. The van der Waals surface area contributed by atoms with Gasteiger partial charge in [0.2, 0.25) is 5.91 Å². The molecule has 1 fully saturated rings. The number of hydrogen-bond acceptors (Lipinski definition) is 3. The molecule has 1 rings (SSSR count). The predicted octanol–water partition coefficient (Wildman–Crippen LogP) is 0.713. The predicted molar refractivity (Wildman–Crippen MR) is 66.1 cm³/mol. The summed E-state index contributed by atoms with van der Waals surface area (Å²) in [5.74, 6) is 0.111. The molecule has 1 aliphatic heterocycles. The number of amides is 1. The lowest BCUT2D eigenvalue weighted by Gasteiger charge is -2.53. The van der Waals surface area contributed by atoms with Crippen molar-refractivity contribution in [2.75, 3.05) is 13.1 Å². The molecule has 1 heterocycles. The van der Waals surface area contributed by atoms with Crippen molar-refractivity contribution in [2.45, 2.75) is 58.2 Å². The average Bonchev–Trinajstić information content (AvgIpc) is 2.09. The Morgan fingerprint density at radius 2 is 2.06 bits per heavy atom. The van der Waals surface area contributed by atoms with Crippen LogP contribution in [0.4, 0.5) is 0 Å². The van der Waals surface area contributed by atoms with E-state index in [1.807, 2.05) is 0 Å². The van der Waals surface area contributed by atoms with Crippen molar-refractivity contribution in [3.63, 3.8) is 0 Å². The Bertz CT molecular complexity index is 268. The van der Waals surface area contributed by atoms with Gasteiger partial charge in [0, 0.05) is 17.6 Å². The Hall–Kier alpha value is -0.610. The average molecular weight is 227 g/mol. The maximum atomic E-state index is 11.9. The molecular formula is C12H25N3O. The molecular weight excluding hydrogens is 202 g/mol. The lowest BCUT2D eigenvalue weighted by atomic mass is 9.87. The number of rotatable bonds is 2. The quantitative estimate of drug-likeness (QED) is 0.730. The molecule has 94 valence electrons. The molecule has 1 saturated heterocycles. The first-order valence-corrected chi connectivity index (χ1v) is 5.97. The molecule has 0 aromatic rings. The van der Waals surface area contributed by atoms with Crippen LogP contribution in [0.3, 0.4) is 0 Å². The molecule has 1 amide bonds. The number of hydrogen-bond donors (Lipinski definition) is 2. The fraction of sp³-hybridized carbons (Fsp3) is 0.917. The smallest absolute Gasteiger partial charge is 0.237 e. The van der Waals surface area contributed by atoms with Gasteiger partial charge in [-0.05, 0) is 47.6 Å². The summed E-state index contributed by atoms with van der Waals surface area (Å²) in [5.41, 5.74) is 5.56. The monoisotopic (exact) mass is 227 g/mol. The van der Waals surface area contributed by atoms with E-state index in [1.165, 1.54) is 0 Å². The van der Waals surface area contributed by atoms with E-state index in [0.717, 1.165) is 0 Å². The van der Waals surface area contributed by atoms with Crippen molar-refractivity contribution >= 4 is 5.91 Å². The summed E-state index contributed by atoms with van der Waals surface area (Å²) in [6.45, 7) is 12.0. The molecule has 0 spiro atoms. The zero-order valence-electron chi connectivity index (χ0n) is 11.1. The molecule has 1 aliphatic rings. The normalized spacial score (nSPS) is 26.6. The van der Waals surface area contributed by atoms with Crippen LogP contribution in [0.25, 0.3) is 0 Å². The number of nitrogens with zero attached hydrogens (tertiary/aromatic N) is 1. The minimum absolute atomic E-state index is 0.0218. The van der Waals surface area contributed by atoms with Gasteiger partial charge in [-0.25, -0.2) is 0 Å². The zero-order valence-corrected chi connectivity index (χ0v) is 11.1. The molecule has 3 N–H and O–H groups in total. The van der Waals surface area contributed by atoms with Gasteiger partial charge in [0.1, 0.15) is 0 Å². The molecule has 4 heteroatoms. The highest BCUT2D eigenvalue weighted by Gasteiger charge is 2.45. The lowest BCUT2D eigenvalue weighted by Crippen LogP contribution is -2.70. The zero-order chi connectivity index (χ0) is 12.6. The molecule has 0 bridgehead atoms. The second-order valence-corrected chi connectivity index (χ2v) is 6.16. The second kappa shape index (κ2) is 4.34. The summed E-state index contributed by atoms with van der Waals surface area (Å²) in [5, 5.41) is 2.97. The molecule has 0 radical (unpaired) electrons. The summed E-state index contributed by atoms with van der Waals surface area (Å²) in [6, 6.07) is -0.103. The topological polar surface area (TPSA) is 58.4 Å². The molecule has 0 saturated carbocycles. The molecule has 0 aromatic heterocycles. The van der Waals surface area contributed by atoms with E-state index in [4.69, 9.17) is 5.73 Å². The maximum absolute atomic E-state index is 11.9. The Labute approximate surface area is 98.6 Å². The summed E-state index contributed by atoms with van der Waals surface area (Å²) >= 11 is 0. The minimum Gasteiger partial charge on any atom is -0.353 e. The number of carbonyl (C=O) groups is 1. The van der Waals surface area contributed by atoms with Gasteiger partial charge in [-0.2, -0.15) is 0 Å². The van der Waals surface area contributed by atoms with Crippen LogP contribution in [0.1, 0.15) is 41.0 Å². The minimum atomic E-state index is -0.103. The number of nitrogens with two attached hydrogens (primary N) is 1. The van der Waals surface area contributed by atoms with Gasteiger partial charge in [-0.15, -0.1) is 0 Å². The van der Waals surface area contributed by atoms with Crippen LogP contribution in [0.5, 0.6) is 0 Å². The van der Waals surface area contributed by atoms with E-state index >= 15 is 0 Å². The van der Waals surface area contributed by atoms with Crippen molar-refractivity contribution in [1.29, 1.82) is 0 Å². The summed E-state index contributed by atoms with van der Waals surface area (Å²) in [4.78, 5) is 14.2. The number of piperazine rings is 1. The third-order valence-electron chi connectivity index (χ3n) is 3.12. The van der Waals surface area contributed by atoms with Crippen LogP contribution in [0, 0.1) is 0 Å². The van der Waals surface area contributed by atoms with Gasteiger partial charge in [0.15, 0.2) is 0 Å². The van der Waals surface area contributed by atoms with Crippen LogP contribution in [0.2, 0.25) is 0 Å². The van der Waals surface area contributed by atoms with Gasteiger partial charge in [0.25, 0.3) is 0 Å². The van der Waals surface area contributed by atoms with Crippen molar-refractivity contribution in [2.24, 2.45) is 5.73 Å². The number of nitrogens with one attached hydrogen (secondary N) is 1. The Morgan fingerprint density at radius 3 is 2.50 bits per heavy atom. The first-order chi connectivity index (χ1) is 7.20. The Balaban J connectivity index is 3.03. The molecule has 4 nitrogen and oxygen atoms in total. The van der Waals surface area contributed by atoms with Gasteiger partial charge in [-0.3, -0.25) is 9.69 Å². The van der Waals surface area contributed by atoms with Gasteiger partial charge in [-0.1, -0.05) is 0 Å². The molecule has 1 atom stereocenters. The van der Waals surface area contributed by atoms with E-state index in [0.29, 0.717) is 19.5 Å². The standard InChI is InChI=1S/C12H25N3O/c1-11(2,3)15-9(6-7-13)10(16)14-8-12(15,4)5/h9H,6-8,13H2,1-5H3,(H,14,16). The summed E-state index contributed by atoms with van der Waals surface area (Å²) < 4.78 is 0. The molecule has 0 aromatic carbocycles. The van der Waals surface area contributed by atoms with Crippen molar-refractivity contribution in [1.82, 2.24) is 10.2 Å². The van der Waals surface area contributed by atoms with Crippen LogP contribution in [-0.2, 0) is 4.79 Å². The van der Waals surface area contributed by atoms with Gasteiger partial charge in [0.05, 0.1) is 6.04 Å². The summed E-state index contributed by atoms with van der Waals surface area (Å²) in [7, 11) is 0. The highest BCUT2D eigenvalue weighted by molar-refractivity contribution is 5.83. The Kier molecular flexibility index (Phi) is 3.65. The van der Waals surface area contributed by atoms with Crippen molar-refractivity contribution in [3.8, 4) is 0 Å². The maximum Gasteiger partial charge on any atom is 0.237 e. The van der Waals surface area contributed by atoms with Crippen LogP contribution in [0.15, 0.2) is 0 Å². The van der Waals surface area contributed by atoms with Gasteiger partial charge >= 0.3 is 0 Å². The molecule has 1 unspecified atom stereocenters. The fourth-order valence-electron chi connectivity index (χ4n) is 2.84. The SMILES string of the molecule is CC(C)(C)N1C(CCN)C(=O)NCC1(C)C. The van der Waals surface area contributed by atoms with Crippen molar-refractivity contribution < 1.29 is 4.79 Å². The first kappa shape index (κ1) is 13.5. The lowest BCUT2D eigenvalue weighted by molar-refractivity contribution is -0.140. The van der Waals surface area contributed by atoms with Crippen molar-refractivity contribution in [3.05, 3.63) is 0 Å². The van der Waals surface area contributed by atoms with E-state index < -0.39 is 0 Å². The van der Waals surface area contributed by atoms with Crippen LogP contribution in [-0.4, -0.2) is 41.0 Å². The third-order valence-corrected chi connectivity index (χ3v) is 3.12.